The first-order chi connectivity index (χ1) is 7.86. The van der Waals surface area contributed by atoms with Crippen LogP contribution in [-0.2, 0) is 0 Å². The van der Waals surface area contributed by atoms with Crippen molar-refractivity contribution in [1.82, 2.24) is 10.2 Å². The standard InChI is InChI=1S/C14H28N2/c1-3-5-6-10-16-11-7-14(8-12-16)13-15-9-4-2/h3,14-15H,1,4-13H2,2H3. The number of hydrogen-bond acceptors (Lipinski definition) is 2. The largest absolute Gasteiger partial charge is 0.316 e. The van der Waals surface area contributed by atoms with Crippen molar-refractivity contribution in [2.45, 2.75) is 39.0 Å². The van der Waals surface area contributed by atoms with Crippen molar-refractivity contribution in [3.63, 3.8) is 0 Å². The van der Waals surface area contributed by atoms with E-state index >= 15 is 0 Å². The van der Waals surface area contributed by atoms with Gasteiger partial charge in [-0.2, -0.15) is 0 Å². The van der Waals surface area contributed by atoms with Gasteiger partial charge < -0.3 is 10.2 Å². The summed E-state index contributed by atoms with van der Waals surface area (Å²) in [6.45, 7) is 12.3. The van der Waals surface area contributed by atoms with Gasteiger partial charge in [0.15, 0.2) is 0 Å². The van der Waals surface area contributed by atoms with Gasteiger partial charge in [-0.1, -0.05) is 13.0 Å². The van der Waals surface area contributed by atoms with Crippen molar-refractivity contribution in [3.05, 3.63) is 12.7 Å². The molecular formula is C14H28N2. The Morgan fingerprint density at radius 3 is 2.75 bits per heavy atom. The van der Waals surface area contributed by atoms with Crippen LogP contribution in [0.1, 0.15) is 39.0 Å². The van der Waals surface area contributed by atoms with Gasteiger partial charge in [0.25, 0.3) is 0 Å². The molecule has 1 aliphatic rings. The van der Waals surface area contributed by atoms with Crippen molar-refractivity contribution < 1.29 is 0 Å². The summed E-state index contributed by atoms with van der Waals surface area (Å²) in [5.74, 6) is 0.919. The number of likely N-dealkylation sites (tertiary alicyclic amines) is 1. The van der Waals surface area contributed by atoms with E-state index in [1.165, 1.54) is 58.4 Å². The minimum absolute atomic E-state index is 0.919. The fourth-order valence-corrected chi connectivity index (χ4v) is 2.36. The summed E-state index contributed by atoms with van der Waals surface area (Å²) in [6.07, 6.45) is 8.48. The van der Waals surface area contributed by atoms with Crippen molar-refractivity contribution in [1.29, 1.82) is 0 Å². The molecule has 0 aromatic rings. The fourth-order valence-electron chi connectivity index (χ4n) is 2.36. The van der Waals surface area contributed by atoms with E-state index < -0.39 is 0 Å². The lowest BCUT2D eigenvalue weighted by Crippen LogP contribution is -2.37. The maximum absolute atomic E-state index is 3.77. The SMILES string of the molecule is C=CCCCN1CCC(CNCCC)CC1. The van der Waals surface area contributed by atoms with Crippen LogP contribution < -0.4 is 5.32 Å². The lowest BCUT2D eigenvalue weighted by atomic mass is 9.96. The Hall–Kier alpha value is -0.340. The molecule has 1 saturated heterocycles. The van der Waals surface area contributed by atoms with Crippen molar-refractivity contribution >= 4 is 0 Å². The Kier molecular flexibility index (Phi) is 7.52. The smallest absolute Gasteiger partial charge is 0.00156 e. The Bertz CT molecular complexity index is 172. The molecule has 0 spiro atoms. The van der Waals surface area contributed by atoms with Crippen LogP contribution in [0.25, 0.3) is 0 Å². The molecule has 0 saturated carbocycles. The van der Waals surface area contributed by atoms with Gasteiger partial charge >= 0.3 is 0 Å². The molecule has 1 fully saturated rings. The lowest BCUT2D eigenvalue weighted by molar-refractivity contribution is 0.181. The predicted molar refractivity (Wildman–Crippen MR) is 71.8 cm³/mol. The average molecular weight is 224 g/mol. The van der Waals surface area contributed by atoms with E-state index in [1.807, 2.05) is 6.08 Å². The summed E-state index contributed by atoms with van der Waals surface area (Å²) in [5, 5.41) is 3.54. The summed E-state index contributed by atoms with van der Waals surface area (Å²) >= 11 is 0. The molecule has 0 aromatic heterocycles. The van der Waals surface area contributed by atoms with Gasteiger partial charge in [-0.25, -0.2) is 0 Å². The van der Waals surface area contributed by atoms with Gasteiger partial charge in [-0.15, -0.1) is 6.58 Å². The highest BCUT2D eigenvalue weighted by atomic mass is 15.1. The van der Waals surface area contributed by atoms with E-state index in [0.29, 0.717) is 0 Å². The highest BCUT2D eigenvalue weighted by molar-refractivity contribution is 4.75. The quantitative estimate of drug-likeness (QED) is 0.504. The third kappa shape index (κ3) is 5.66. The molecule has 1 N–H and O–H groups in total. The Morgan fingerprint density at radius 1 is 1.38 bits per heavy atom. The van der Waals surface area contributed by atoms with Crippen LogP contribution in [0.4, 0.5) is 0 Å². The van der Waals surface area contributed by atoms with Gasteiger partial charge in [0.05, 0.1) is 0 Å². The molecule has 0 amide bonds. The number of nitrogens with zero attached hydrogens (tertiary/aromatic N) is 1. The molecule has 0 aliphatic carbocycles. The molecule has 0 unspecified atom stereocenters. The number of hydrogen-bond donors (Lipinski definition) is 1. The van der Waals surface area contributed by atoms with Crippen LogP contribution in [0.3, 0.4) is 0 Å². The zero-order valence-corrected chi connectivity index (χ0v) is 10.9. The average Bonchev–Trinajstić information content (AvgIpc) is 2.32. The molecule has 0 radical (unpaired) electrons. The number of nitrogens with one attached hydrogen (secondary N) is 1. The lowest BCUT2D eigenvalue weighted by Gasteiger charge is -2.32. The molecule has 1 rings (SSSR count). The van der Waals surface area contributed by atoms with Crippen molar-refractivity contribution in [3.8, 4) is 0 Å². The monoisotopic (exact) mass is 224 g/mol. The second-order valence-electron chi connectivity index (χ2n) is 4.92. The highest BCUT2D eigenvalue weighted by Crippen LogP contribution is 2.16. The van der Waals surface area contributed by atoms with Crippen LogP contribution in [0.15, 0.2) is 12.7 Å². The zero-order chi connectivity index (χ0) is 11.6. The summed E-state index contributed by atoms with van der Waals surface area (Å²) in [5.41, 5.74) is 0. The van der Waals surface area contributed by atoms with E-state index in [4.69, 9.17) is 0 Å². The Balaban J connectivity index is 2.02. The van der Waals surface area contributed by atoms with E-state index in [-0.39, 0.29) is 0 Å². The van der Waals surface area contributed by atoms with Crippen LogP contribution >= 0.6 is 0 Å². The highest BCUT2D eigenvalue weighted by Gasteiger charge is 2.17. The second kappa shape index (κ2) is 8.77. The molecular weight excluding hydrogens is 196 g/mol. The molecule has 0 bridgehead atoms. The zero-order valence-electron chi connectivity index (χ0n) is 10.9. The third-order valence-corrected chi connectivity index (χ3v) is 3.45. The third-order valence-electron chi connectivity index (χ3n) is 3.45. The maximum Gasteiger partial charge on any atom is -0.00156 e. The summed E-state index contributed by atoms with van der Waals surface area (Å²) in [4.78, 5) is 2.61. The minimum atomic E-state index is 0.919. The topological polar surface area (TPSA) is 15.3 Å². The van der Waals surface area contributed by atoms with Gasteiger partial charge in [0.2, 0.25) is 0 Å². The van der Waals surface area contributed by atoms with Gasteiger partial charge in [-0.3, -0.25) is 0 Å². The summed E-state index contributed by atoms with van der Waals surface area (Å²) in [7, 11) is 0. The maximum atomic E-state index is 3.77. The summed E-state index contributed by atoms with van der Waals surface area (Å²) < 4.78 is 0. The van der Waals surface area contributed by atoms with E-state index in [0.717, 1.165) is 12.3 Å². The molecule has 2 nitrogen and oxygen atoms in total. The molecule has 0 atom stereocenters. The van der Waals surface area contributed by atoms with E-state index in [1.54, 1.807) is 0 Å². The molecule has 94 valence electrons. The fraction of sp³-hybridized carbons (Fsp3) is 0.857. The van der Waals surface area contributed by atoms with Crippen LogP contribution in [0.2, 0.25) is 0 Å². The van der Waals surface area contributed by atoms with Crippen LogP contribution in [-0.4, -0.2) is 37.6 Å². The number of piperidine rings is 1. The van der Waals surface area contributed by atoms with Crippen molar-refractivity contribution in [2.75, 3.05) is 32.7 Å². The summed E-state index contributed by atoms with van der Waals surface area (Å²) in [6, 6.07) is 0. The molecule has 0 aromatic carbocycles. The normalized spacial score (nSPS) is 18.8. The first-order valence-electron chi connectivity index (χ1n) is 6.90. The predicted octanol–water partition coefficient (Wildman–Crippen LogP) is 2.66. The van der Waals surface area contributed by atoms with Gasteiger partial charge in [0.1, 0.15) is 0 Å². The Morgan fingerprint density at radius 2 is 2.12 bits per heavy atom. The first-order valence-corrected chi connectivity index (χ1v) is 6.90. The van der Waals surface area contributed by atoms with Gasteiger partial charge in [-0.05, 0) is 70.7 Å². The number of rotatable bonds is 8. The van der Waals surface area contributed by atoms with E-state index in [2.05, 4.69) is 23.7 Å². The molecule has 1 heterocycles. The molecule has 1 aliphatic heterocycles. The minimum Gasteiger partial charge on any atom is -0.316 e. The van der Waals surface area contributed by atoms with E-state index in [9.17, 15) is 0 Å². The van der Waals surface area contributed by atoms with Crippen LogP contribution in [0.5, 0.6) is 0 Å². The number of unbranched alkanes of at least 4 members (excludes halogenated alkanes) is 1. The van der Waals surface area contributed by atoms with Crippen LogP contribution in [0, 0.1) is 5.92 Å². The van der Waals surface area contributed by atoms with Crippen molar-refractivity contribution in [2.24, 2.45) is 5.92 Å². The molecule has 16 heavy (non-hydrogen) atoms. The Labute approximate surface area is 101 Å². The first kappa shape index (κ1) is 13.7. The van der Waals surface area contributed by atoms with Gasteiger partial charge in [0, 0.05) is 0 Å². The number of allylic oxidation sites excluding steroid dienone is 1. The second-order valence-corrected chi connectivity index (χ2v) is 4.92. The molecule has 2 heteroatoms.